The summed E-state index contributed by atoms with van der Waals surface area (Å²) in [7, 11) is 0. The SMILES string of the molecule is CCNC(CSC(C)CC)c1cccc(C)c1. The molecule has 1 aromatic carbocycles. The largest absolute Gasteiger partial charge is 0.310 e. The fourth-order valence-corrected chi connectivity index (χ4v) is 2.85. The maximum atomic E-state index is 3.58. The lowest BCUT2D eigenvalue weighted by Gasteiger charge is -2.20. The molecule has 0 saturated carbocycles. The van der Waals surface area contributed by atoms with E-state index in [2.05, 4.69) is 69.0 Å². The van der Waals surface area contributed by atoms with Gasteiger partial charge in [0.1, 0.15) is 0 Å². The summed E-state index contributed by atoms with van der Waals surface area (Å²) < 4.78 is 0. The number of hydrogen-bond acceptors (Lipinski definition) is 2. The van der Waals surface area contributed by atoms with E-state index in [1.165, 1.54) is 17.5 Å². The Balaban J connectivity index is 2.64. The van der Waals surface area contributed by atoms with E-state index in [0.29, 0.717) is 6.04 Å². The Kier molecular flexibility index (Phi) is 6.68. The summed E-state index contributed by atoms with van der Waals surface area (Å²) in [5.74, 6) is 1.16. The highest BCUT2D eigenvalue weighted by atomic mass is 32.2. The highest BCUT2D eigenvalue weighted by molar-refractivity contribution is 7.99. The first-order valence-corrected chi connectivity index (χ1v) is 7.63. The highest BCUT2D eigenvalue weighted by Crippen LogP contribution is 2.23. The second-order valence-corrected chi connectivity index (χ2v) is 6.05. The summed E-state index contributed by atoms with van der Waals surface area (Å²) in [5.41, 5.74) is 2.77. The van der Waals surface area contributed by atoms with E-state index < -0.39 is 0 Å². The van der Waals surface area contributed by atoms with Crippen LogP contribution in [0, 0.1) is 6.92 Å². The van der Waals surface area contributed by atoms with Crippen LogP contribution < -0.4 is 5.32 Å². The summed E-state index contributed by atoms with van der Waals surface area (Å²) >= 11 is 2.06. The molecule has 1 aromatic rings. The molecule has 0 saturated heterocycles. The maximum absolute atomic E-state index is 3.58. The molecule has 17 heavy (non-hydrogen) atoms. The second kappa shape index (κ2) is 7.78. The van der Waals surface area contributed by atoms with Crippen molar-refractivity contribution in [3.05, 3.63) is 35.4 Å². The molecule has 0 heterocycles. The van der Waals surface area contributed by atoms with Gasteiger partial charge in [-0.25, -0.2) is 0 Å². The van der Waals surface area contributed by atoms with Crippen molar-refractivity contribution in [2.24, 2.45) is 0 Å². The Hall–Kier alpha value is -0.470. The fourth-order valence-electron chi connectivity index (χ4n) is 1.78. The number of hydrogen-bond donors (Lipinski definition) is 1. The molecule has 2 unspecified atom stereocenters. The van der Waals surface area contributed by atoms with Gasteiger partial charge in [-0.05, 0) is 25.5 Å². The standard InChI is InChI=1S/C15H25NS/c1-5-13(4)17-11-15(16-6-2)14-9-7-8-12(3)10-14/h7-10,13,15-16H,5-6,11H2,1-4H3. The maximum Gasteiger partial charge on any atom is 0.0411 e. The monoisotopic (exact) mass is 251 g/mol. The topological polar surface area (TPSA) is 12.0 Å². The molecule has 0 amide bonds. The predicted molar refractivity (Wildman–Crippen MR) is 79.8 cm³/mol. The molecule has 2 heteroatoms. The third kappa shape index (κ3) is 5.13. The first kappa shape index (κ1) is 14.6. The molecule has 0 aliphatic carbocycles. The van der Waals surface area contributed by atoms with Crippen LogP contribution in [0.5, 0.6) is 0 Å². The molecule has 0 aromatic heterocycles. The zero-order valence-electron chi connectivity index (χ0n) is 11.5. The Morgan fingerprint density at radius 1 is 1.29 bits per heavy atom. The lowest BCUT2D eigenvalue weighted by atomic mass is 10.1. The molecular weight excluding hydrogens is 226 g/mol. The van der Waals surface area contributed by atoms with E-state index in [9.17, 15) is 0 Å². The molecule has 0 fully saturated rings. The molecular formula is C15H25NS. The first-order chi connectivity index (χ1) is 8.17. The van der Waals surface area contributed by atoms with Gasteiger partial charge in [0, 0.05) is 17.0 Å². The van der Waals surface area contributed by atoms with Gasteiger partial charge in [0.15, 0.2) is 0 Å². The Morgan fingerprint density at radius 3 is 2.65 bits per heavy atom. The summed E-state index contributed by atoms with van der Waals surface area (Å²) in [6, 6.07) is 9.33. The van der Waals surface area contributed by atoms with E-state index in [1.807, 2.05) is 0 Å². The zero-order chi connectivity index (χ0) is 12.7. The smallest absolute Gasteiger partial charge is 0.0411 e. The molecule has 2 atom stereocenters. The van der Waals surface area contributed by atoms with Gasteiger partial charge in [-0.15, -0.1) is 0 Å². The van der Waals surface area contributed by atoms with Crippen molar-refractivity contribution < 1.29 is 0 Å². The average molecular weight is 251 g/mol. The summed E-state index contributed by atoms with van der Waals surface area (Å²) in [6.07, 6.45) is 1.25. The van der Waals surface area contributed by atoms with Crippen molar-refractivity contribution in [3.8, 4) is 0 Å². The van der Waals surface area contributed by atoms with Gasteiger partial charge in [0.25, 0.3) is 0 Å². The van der Waals surface area contributed by atoms with E-state index in [1.54, 1.807) is 0 Å². The van der Waals surface area contributed by atoms with Crippen LogP contribution in [0.15, 0.2) is 24.3 Å². The fraction of sp³-hybridized carbons (Fsp3) is 0.600. The minimum absolute atomic E-state index is 0.485. The molecule has 96 valence electrons. The number of thioether (sulfide) groups is 1. The van der Waals surface area contributed by atoms with Crippen LogP contribution in [0.4, 0.5) is 0 Å². The molecule has 0 aliphatic heterocycles. The molecule has 1 nitrogen and oxygen atoms in total. The zero-order valence-corrected chi connectivity index (χ0v) is 12.3. The normalized spacial score (nSPS) is 14.6. The third-order valence-electron chi connectivity index (χ3n) is 3.02. The summed E-state index contributed by atoms with van der Waals surface area (Å²) in [5, 5.41) is 4.34. The van der Waals surface area contributed by atoms with Crippen LogP contribution in [0.25, 0.3) is 0 Å². The van der Waals surface area contributed by atoms with Crippen LogP contribution in [0.2, 0.25) is 0 Å². The Morgan fingerprint density at radius 2 is 2.06 bits per heavy atom. The van der Waals surface area contributed by atoms with Gasteiger partial charge in [-0.3, -0.25) is 0 Å². The second-order valence-electron chi connectivity index (χ2n) is 4.58. The van der Waals surface area contributed by atoms with E-state index >= 15 is 0 Å². The number of nitrogens with one attached hydrogen (secondary N) is 1. The molecule has 0 spiro atoms. The van der Waals surface area contributed by atoms with Crippen molar-refractivity contribution >= 4 is 11.8 Å². The summed E-state index contributed by atoms with van der Waals surface area (Å²) in [6.45, 7) is 9.93. The molecule has 0 aliphatic rings. The van der Waals surface area contributed by atoms with Gasteiger partial charge in [0.2, 0.25) is 0 Å². The van der Waals surface area contributed by atoms with Gasteiger partial charge in [-0.2, -0.15) is 11.8 Å². The minimum Gasteiger partial charge on any atom is -0.310 e. The molecule has 0 bridgehead atoms. The van der Waals surface area contributed by atoms with Gasteiger partial charge in [-0.1, -0.05) is 50.6 Å². The van der Waals surface area contributed by atoms with Crippen LogP contribution >= 0.6 is 11.8 Å². The van der Waals surface area contributed by atoms with E-state index in [0.717, 1.165) is 17.5 Å². The van der Waals surface area contributed by atoms with Crippen molar-refractivity contribution in [1.29, 1.82) is 0 Å². The molecule has 1 N–H and O–H groups in total. The van der Waals surface area contributed by atoms with Crippen molar-refractivity contribution in [3.63, 3.8) is 0 Å². The van der Waals surface area contributed by atoms with Gasteiger partial charge >= 0.3 is 0 Å². The van der Waals surface area contributed by atoms with Gasteiger partial charge in [0.05, 0.1) is 0 Å². The number of rotatable bonds is 7. The first-order valence-electron chi connectivity index (χ1n) is 6.58. The van der Waals surface area contributed by atoms with Crippen molar-refractivity contribution in [2.75, 3.05) is 12.3 Å². The van der Waals surface area contributed by atoms with Crippen LogP contribution in [-0.2, 0) is 0 Å². The summed E-state index contributed by atoms with van der Waals surface area (Å²) in [4.78, 5) is 0. The predicted octanol–water partition coefficient (Wildman–Crippen LogP) is 4.18. The van der Waals surface area contributed by atoms with Crippen LogP contribution in [0.3, 0.4) is 0 Å². The van der Waals surface area contributed by atoms with E-state index in [-0.39, 0.29) is 0 Å². The number of benzene rings is 1. The van der Waals surface area contributed by atoms with E-state index in [4.69, 9.17) is 0 Å². The van der Waals surface area contributed by atoms with Crippen LogP contribution in [-0.4, -0.2) is 17.5 Å². The average Bonchev–Trinajstić information content (AvgIpc) is 2.34. The quantitative estimate of drug-likeness (QED) is 0.780. The Bertz CT molecular complexity index is 324. The van der Waals surface area contributed by atoms with Crippen LogP contribution in [0.1, 0.15) is 44.4 Å². The molecule has 0 radical (unpaired) electrons. The highest BCUT2D eigenvalue weighted by Gasteiger charge is 2.11. The lowest BCUT2D eigenvalue weighted by molar-refractivity contribution is 0.604. The minimum atomic E-state index is 0.485. The third-order valence-corrected chi connectivity index (χ3v) is 4.45. The van der Waals surface area contributed by atoms with Gasteiger partial charge < -0.3 is 5.32 Å². The van der Waals surface area contributed by atoms with Crippen molar-refractivity contribution in [1.82, 2.24) is 5.32 Å². The lowest BCUT2D eigenvalue weighted by Crippen LogP contribution is -2.23. The number of aryl methyl sites for hydroxylation is 1. The van der Waals surface area contributed by atoms with Crippen molar-refractivity contribution in [2.45, 2.75) is 45.4 Å². The molecule has 1 rings (SSSR count). The Labute approximate surface area is 110 Å².